The van der Waals surface area contributed by atoms with E-state index in [-0.39, 0.29) is 11.7 Å². The lowest BCUT2D eigenvalue weighted by atomic mass is 9.90. The molecule has 0 bridgehead atoms. The quantitative estimate of drug-likeness (QED) is 0.809. The standard InChI is InChI=1S/C12H16FNO2/c1-16-10-5-4-9(15)12(13)11(10)8-3-2-6-14-7-8/h4-5,8,14-15H,2-3,6-7H2,1H3. The molecule has 3 nitrogen and oxygen atoms in total. The number of phenols is 1. The van der Waals surface area contributed by atoms with Crippen LogP contribution < -0.4 is 10.1 Å². The molecule has 1 saturated heterocycles. The second kappa shape index (κ2) is 4.70. The highest BCUT2D eigenvalue weighted by atomic mass is 19.1. The van der Waals surface area contributed by atoms with Gasteiger partial charge in [0.2, 0.25) is 0 Å². The summed E-state index contributed by atoms with van der Waals surface area (Å²) >= 11 is 0. The van der Waals surface area contributed by atoms with Gasteiger partial charge >= 0.3 is 0 Å². The fourth-order valence-corrected chi connectivity index (χ4v) is 2.22. The molecule has 1 unspecified atom stereocenters. The maximum atomic E-state index is 13.9. The van der Waals surface area contributed by atoms with Crippen molar-refractivity contribution in [3.63, 3.8) is 0 Å². The highest BCUT2D eigenvalue weighted by molar-refractivity contribution is 5.44. The minimum Gasteiger partial charge on any atom is -0.505 e. The number of aromatic hydroxyl groups is 1. The maximum Gasteiger partial charge on any atom is 0.172 e. The van der Waals surface area contributed by atoms with Crippen molar-refractivity contribution in [2.24, 2.45) is 0 Å². The largest absolute Gasteiger partial charge is 0.505 e. The lowest BCUT2D eigenvalue weighted by Gasteiger charge is -2.25. The first-order valence-corrected chi connectivity index (χ1v) is 5.50. The number of benzene rings is 1. The predicted molar refractivity (Wildman–Crippen MR) is 59.5 cm³/mol. The molecule has 2 rings (SSSR count). The summed E-state index contributed by atoms with van der Waals surface area (Å²) in [5.41, 5.74) is 0.495. The Morgan fingerprint density at radius 1 is 1.50 bits per heavy atom. The van der Waals surface area contributed by atoms with Gasteiger partial charge in [-0.15, -0.1) is 0 Å². The molecule has 88 valence electrons. The topological polar surface area (TPSA) is 41.5 Å². The van der Waals surface area contributed by atoms with Crippen molar-refractivity contribution in [3.05, 3.63) is 23.5 Å². The number of ether oxygens (including phenoxy) is 1. The molecule has 1 heterocycles. The molecule has 0 radical (unpaired) electrons. The van der Waals surface area contributed by atoms with Crippen molar-refractivity contribution >= 4 is 0 Å². The van der Waals surface area contributed by atoms with E-state index in [1.807, 2.05) is 0 Å². The molecule has 1 aliphatic heterocycles. The minimum atomic E-state index is -0.548. The molecule has 1 aromatic rings. The number of hydrogen-bond acceptors (Lipinski definition) is 3. The van der Waals surface area contributed by atoms with Gasteiger partial charge in [0.15, 0.2) is 11.6 Å². The number of halogens is 1. The van der Waals surface area contributed by atoms with Crippen LogP contribution >= 0.6 is 0 Å². The normalized spacial score (nSPS) is 20.8. The summed E-state index contributed by atoms with van der Waals surface area (Å²) in [5, 5.41) is 12.6. The summed E-state index contributed by atoms with van der Waals surface area (Å²) in [5.74, 6) is -0.255. The van der Waals surface area contributed by atoms with Crippen LogP contribution in [0.4, 0.5) is 4.39 Å². The van der Waals surface area contributed by atoms with Crippen molar-refractivity contribution in [1.82, 2.24) is 5.32 Å². The van der Waals surface area contributed by atoms with Crippen LogP contribution in [0.2, 0.25) is 0 Å². The van der Waals surface area contributed by atoms with Crippen molar-refractivity contribution in [3.8, 4) is 11.5 Å². The second-order valence-electron chi connectivity index (χ2n) is 4.06. The highest BCUT2D eigenvalue weighted by Crippen LogP contribution is 2.36. The van der Waals surface area contributed by atoms with Crippen molar-refractivity contribution in [2.45, 2.75) is 18.8 Å². The summed E-state index contributed by atoms with van der Waals surface area (Å²) in [7, 11) is 1.52. The molecule has 0 amide bonds. The van der Waals surface area contributed by atoms with Gasteiger partial charge in [0.1, 0.15) is 5.75 Å². The third-order valence-electron chi connectivity index (χ3n) is 3.04. The van der Waals surface area contributed by atoms with Crippen LogP contribution in [0.5, 0.6) is 11.5 Å². The lowest BCUT2D eigenvalue weighted by Crippen LogP contribution is -2.29. The molecular formula is C12H16FNO2. The predicted octanol–water partition coefficient (Wildman–Crippen LogP) is 2.01. The zero-order valence-corrected chi connectivity index (χ0v) is 9.29. The van der Waals surface area contributed by atoms with E-state index in [1.54, 1.807) is 6.07 Å². The third kappa shape index (κ3) is 1.97. The zero-order chi connectivity index (χ0) is 11.5. The van der Waals surface area contributed by atoms with Gasteiger partial charge in [-0.1, -0.05) is 0 Å². The van der Waals surface area contributed by atoms with Crippen LogP contribution in [0.1, 0.15) is 24.3 Å². The number of piperidine rings is 1. The van der Waals surface area contributed by atoms with E-state index in [4.69, 9.17) is 4.74 Å². The molecule has 0 spiro atoms. The smallest absolute Gasteiger partial charge is 0.172 e. The summed E-state index contributed by atoms with van der Waals surface area (Å²) in [6, 6.07) is 2.94. The molecule has 4 heteroatoms. The first-order chi connectivity index (χ1) is 7.74. The molecule has 1 atom stereocenters. The summed E-state index contributed by atoms with van der Waals surface area (Å²) in [6.45, 7) is 1.70. The van der Waals surface area contributed by atoms with Gasteiger partial charge in [0.05, 0.1) is 7.11 Å². The fraction of sp³-hybridized carbons (Fsp3) is 0.500. The Kier molecular flexibility index (Phi) is 3.29. The van der Waals surface area contributed by atoms with E-state index < -0.39 is 5.82 Å². The molecular weight excluding hydrogens is 209 g/mol. The average molecular weight is 225 g/mol. The Hall–Kier alpha value is -1.29. The monoisotopic (exact) mass is 225 g/mol. The van der Waals surface area contributed by atoms with Crippen LogP contribution in [0, 0.1) is 5.82 Å². The minimum absolute atomic E-state index is 0.0794. The number of methoxy groups -OCH3 is 1. The van der Waals surface area contributed by atoms with E-state index in [9.17, 15) is 9.50 Å². The van der Waals surface area contributed by atoms with Crippen LogP contribution in [-0.4, -0.2) is 25.3 Å². The van der Waals surface area contributed by atoms with Gasteiger partial charge in [0, 0.05) is 18.0 Å². The van der Waals surface area contributed by atoms with Crippen LogP contribution in [0.25, 0.3) is 0 Å². The SMILES string of the molecule is COc1ccc(O)c(F)c1C1CCCNC1. The Balaban J connectivity index is 2.39. The molecule has 1 aromatic carbocycles. The van der Waals surface area contributed by atoms with Crippen LogP contribution in [-0.2, 0) is 0 Å². The highest BCUT2D eigenvalue weighted by Gasteiger charge is 2.24. The van der Waals surface area contributed by atoms with Gasteiger partial charge in [-0.25, -0.2) is 4.39 Å². The van der Waals surface area contributed by atoms with Gasteiger partial charge < -0.3 is 15.2 Å². The van der Waals surface area contributed by atoms with E-state index in [2.05, 4.69) is 5.32 Å². The van der Waals surface area contributed by atoms with Gasteiger partial charge in [-0.3, -0.25) is 0 Å². The summed E-state index contributed by atoms with van der Waals surface area (Å²) in [4.78, 5) is 0. The first-order valence-electron chi connectivity index (χ1n) is 5.50. The Morgan fingerprint density at radius 2 is 2.31 bits per heavy atom. The Bertz CT molecular complexity index is 376. The fourth-order valence-electron chi connectivity index (χ4n) is 2.22. The van der Waals surface area contributed by atoms with E-state index in [0.717, 1.165) is 25.9 Å². The van der Waals surface area contributed by atoms with Gasteiger partial charge in [-0.05, 0) is 31.5 Å². The van der Waals surface area contributed by atoms with Crippen molar-refractivity contribution in [1.29, 1.82) is 0 Å². The van der Waals surface area contributed by atoms with E-state index in [0.29, 0.717) is 11.3 Å². The number of nitrogens with one attached hydrogen (secondary N) is 1. The lowest BCUT2D eigenvalue weighted by molar-refractivity contribution is 0.369. The molecule has 0 aliphatic carbocycles. The average Bonchev–Trinajstić information content (AvgIpc) is 2.33. The maximum absolute atomic E-state index is 13.9. The molecule has 0 aromatic heterocycles. The number of rotatable bonds is 2. The molecule has 1 fully saturated rings. The first kappa shape index (κ1) is 11.2. The second-order valence-corrected chi connectivity index (χ2v) is 4.06. The zero-order valence-electron chi connectivity index (χ0n) is 9.29. The summed E-state index contributed by atoms with van der Waals surface area (Å²) < 4.78 is 19.0. The van der Waals surface area contributed by atoms with E-state index in [1.165, 1.54) is 13.2 Å². The third-order valence-corrected chi connectivity index (χ3v) is 3.04. The summed E-state index contributed by atoms with van der Waals surface area (Å²) in [6.07, 6.45) is 1.94. The van der Waals surface area contributed by atoms with Crippen LogP contribution in [0.3, 0.4) is 0 Å². The van der Waals surface area contributed by atoms with Gasteiger partial charge in [0.25, 0.3) is 0 Å². The Morgan fingerprint density at radius 3 is 2.94 bits per heavy atom. The van der Waals surface area contributed by atoms with E-state index >= 15 is 0 Å². The van der Waals surface area contributed by atoms with Crippen molar-refractivity contribution in [2.75, 3.05) is 20.2 Å². The number of phenolic OH excluding ortho intramolecular Hbond substituents is 1. The molecule has 2 N–H and O–H groups in total. The van der Waals surface area contributed by atoms with Crippen molar-refractivity contribution < 1.29 is 14.2 Å². The van der Waals surface area contributed by atoms with Crippen LogP contribution in [0.15, 0.2) is 12.1 Å². The molecule has 0 saturated carbocycles. The molecule has 16 heavy (non-hydrogen) atoms. The van der Waals surface area contributed by atoms with Gasteiger partial charge in [-0.2, -0.15) is 0 Å². The molecule has 1 aliphatic rings. The Labute approximate surface area is 94.2 Å². The number of hydrogen-bond donors (Lipinski definition) is 2.